The first-order valence-electron chi connectivity index (χ1n) is 7.44. The van der Waals surface area contributed by atoms with Crippen molar-refractivity contribution in [1.29, 1.82) is 0 Å². The number of amides is 1. The van der Waals surface area contributed by atoms with Crippen LogP contribution in [0.5, 0.6) is 5.75 Å². The smallest absolute Gasteiger partial charge is 0.335 e. The molecule has 0 aliphatic carbocycles. The molecule has 0 atom stereocenters. The molecular formula is C18H12Cl2N2O4. The zero-order valence-electron chi connectivity index (χ0n) is 13.2. The first-order valence-corrected chi connectivity index (χ1v) is 8.19. The molecule has 0 radical (unpaired) electrons. The van der Waals surface area contributed by atoms with Crippen LogP contribution < -0.4 is 10.1 Å². The van der Waals surface area contributed by atoms with E-state index in [0.717, 1.165) is 0 Å². The molecule has 2 aromatic carbocycles. The van der Waals surface area contributed by atoms with Gasteiger partial charge < -0.3 is 15.2 Å². The standard InChI is InChI=1S/C18H12Cl2N2O4/c19-12-6-10-5-11(18(24)25)7-14(17(10)13(20)8-12)26-9-16(23)22-15-3-1-2-4-21-15/h1-8H,9H2,(H,24,25)(H,21,22,23). The molecule has 0 bridgehead atoms. The van der Waals surface area contributed by atoms with Crippen molar-refractivity contribution in [2.24, 2.45) is 0 Å². The molecule has 1 amide bonds. The summed E-state index contributed by atoms with van der Waals surface area (Å²) in [5.74, 6) is -1.01. The van der Waals surface area contributed by atoms with Gasteiger partial charge in [0.1, 0.15) is 11.6 Å². The highest BCUT2D eigenvalue weighted by Gasteiger charge is 2.15. The third-order valence-corrected chi connectivity index (χ3v) is 3.98. The highest BCUT2D eigenvalue weighted by molar-refractivity contribution is 6.39. The van der Waals surface area contributed by atoms with Crippen LogP contribution in [0, 0.1) is 0 Å². The number of nitrogens with one attached hydrogen (secondary N) is 1. The third kappa shape index (κ3) is 4.04. The van der Waals surface area contributed by atoms with E-state index >= 15 is 0 Å². The summed E-state index contributed by atoms with van der Waals surface area (Å²) in [7, 11) is 0. The Kier molecular flexibility index (Phi) is 5.25. The number of ether oxygens (including phenoxy) is 1. The first-order chi connectivity index (χ1) is 12.4. The number of carboxylic acid groups (broad SMARTS) is 1. The molecule has 3 aromatic rings. The second kappa shape index (κ2) is 7.59. The summed E-state index contributed by atoms with van der Waals surface area (Å²) in [6.45, 7) is -0.340. The molecule has 132 valence electrons. The maximum atomic E-state index is 12.0. The highest BCUT2D eigenvalue weighted by Crippen LogP contribution is 2.36. The van der Waals surface area contributed by atoms with E-state index in [1.807, 2.05) is 0 Å². The third-order valence-electron chi connectivity index (χ3n) is 3.47. The minimum Gasteiger partial charge on any atom is -0.483 e. The Balaban J connectivity index is 1.88. The Morgan fingerprint density at radius 2 is 1.96 bits per heavy atom. The van der Waals surface area contributed by atoms with Crippen LogP contribution in [0.3, 0.4) is 0 Å². The van der Waals surface area contributed by atoms with Crippen molar-refractivity contribution in [2.75, 3.05) is 11.9 Å². The molecular weight excluding hydrogens is 379 g/mol. The van der Waals surface area contributed by atoms with Gasteiger partial charge in [-0.2, -0.15) is 0 Å². The number of carboxylic acids is 1. The van der Waals surface area contributed by atoms with Gasteiger partial charge >= 0.3 is 5.97 Å². The number of aromatic nitrogens is 1. The lowest BCUT2D eigenvalue weighted by molar-refractivity contribution is -0.118. The Morgan fingerprint density at radius 3 is 2.65 bits per heavy atom. The van der Waals surface area contributed by atoms with Crippen molar-refractivity contribution < 1.29 is 19.4 Å². The maximum absolute atomic E-state index is 12.0. The van der Waals surface area contributed by atoms with Gasteiger partial charge in [0.15, 0.2) is 6.61 Å². The average molecular weight is 391 g/mol. The van der Waals surface area contributed by atoms with E-state index in [-0.39, 0.29) is 17.9 Å². The van der Waals surface area contributed by atoms with E-state index in [4.69, 9.17) is 27.9 Å². The number of nitrogens with zero attached hydrogens (tertiary/aromatic N) is 1. The van der Waals surface area contributed by atoms with Gasteiger partial charge in [-0.05, 0) is 41.8 Å². The topological polar surface area (TPSA) is 88.5 Å². The molecule has 0 saturated heterocycles. The average Bonchev–Trinajstić information content (AvgIpc) is 2.59. The Bertz CT molecular complexity index is 993. The number of rotatable bonds is 5. The van der Waals surface area contributed by atoms with Crippen LogP contribution in [0.1, 0.15) is 10.4 Å². The first kappa shape index (κ1) is 18.0. The summed E-state index contributed by atoms with van der Waals surface area (Å²) in [6.07, 6.45) is 1.55. The number of anilines is 1. The summed E-state index contributed by atoms with van der Waals surface area (Å²) < 4.78 is 5.53. The number of aromatic carboxylic acids is 1. The van der Waals surface area contributed by atoms with Gasteiger partial charge in [0, 0.05) is 16.6 Å². The summed E-state index contributed by atoms with van der Waals surface area (Å²) in [5, 5.41) is 13.5. The minimum atomic E-state index is -1.13. The minimum absolute atomic E-state index is 0.00373. The van der Waals surface area contributed by atoms with Crippen LogP contribution in [-0.4, -0.2) is 28.6 Å². The normalized spacial score (nSPS) is 10.5. The van der Waals surface area contributed by atoms with Crippen molar-refractivity contribution in [1.82, 2.24) is 4.98 Å². The number of hydrogen-bond donors (Lipinski definition) is 2. The van der Waals surface area contributed by atoms with Crippen molar-refractivity contribution in [3.63, 3.8) is 0 Å². The molecule has 1 aromatic heterocycles. The van der Waals surface area contributed by atoms with Crippen LogP contribution in [0.2, 0.25) is 10.0 Å². The predicted octanol–water partition coefficient (Wildman–Crippen LogP) is 4.26. The fourth-order valence-electron chi connectivity index (χ4n) is 2.39. The second-order valence-electron chi connectivity index (χ2n) is 5.32. The number of fused-ring (bicyclic) bond motifs is 1. The molecule has 0 fully saturated rings. The number of carbonyl (C=O) groups is 2. The van der Waals surface area contributed by atoms with E-state index in [1.165, 1.54) is 18.2 Å². The van der Waals surface area contributed by atoms with E-state index < -0.39 is 11.9 Å². The number of benzene rings is 2. The lowest BCUT2D eigenvalue weighted by Crippen LogP contribution is -2.20. The second-order valence-corrected chi connectivity index (χ2v) is 6.16. The molecule has 2 N–H and O–H groups in total. The van der Waals surface area contributed by atoms with Gasteiger partial charge in [-0.3, -0.25) is 4.79 Å². The summed E-state index contributed by atoms with van der Waals surface area (Å²) in [5.41, 5.74) is -0.00373. The summed E-state index contributed by atoms with van der Waals surface area (Å²) in [6, 6.07) is 11.0. The van der Waals surface area contributed by atoms with Crippen molar-refractivity contribution in [2.45, 2.75) is 0 Å². The molecule has 0 aliphatic rings. The van der Waals surface area contributed by atoms with Crippen molar-refractivity contribution in [3.8, 4) is 5.75 Å². The van der Waals surface area contributed by atoms with Gasteiger partial charge in [0.2, 0.25) is 0 Å². The monoisotopic (exact) mass is 390 g/mol. The van der Waals surface area contributed by atoms with E-state index in [0.29, 0.717) is 26.6 Å². The lowest BCUT2D eigenvalue weighted by atomic mass is 10.1. The van der Waals surface area contributed by atoms with Gasteiger partial charge in [0.25, 0.3) is 5.91 Å². The Labute approximate surface area is 158 Å². The summed E-state index contributed by atoms with van der Waals surface area (Å²) >= 11 is 12.2. The van der Waals surface area contributed by atoms with Crippen LogP contribution in [0.25, 0.3) is 10.8 Å². The fourth-order valence-corrected chi connectivity index (χ4v) is 2.99. The molecule has 0 unspecified atom stereocenters. The molecule has 0 aliphatic heterocycles. The van der Waals surface area contributed by atoms with Crippen LogP contribution in [0.4, 0.5) is 5.82 Å². The van der Waals surface area contributed by atoms with Crippen molar-refractivity contribution in [3.05, 3.63) is 64.3 Å². The van der Waals surface area contributed by atoms with Crippen molar-refractivity contribution >= 4 is 51.7 Å². The van der Waals surface area contributed by atoms with Gasteiger partial charge in [-0.1, -0.05) is 29.3 Å². The molecule has 8 heteroatoms. The van der Waals surface area contributed by atoms with E-state index in [9.17, 15) is 14.7 Å². The van der Waals surface area contributed by atoms with Crippen LogP contribution in [0.15, 0.2) is 48.7 Å². The quantitative estimate of drug-likeness (QED) is 0.679. The van der Waals surface area contributed by atoms with Crippen LogP contribution in [-0.2, 0) is 4.79 Å². The predicted molar refractivity (Wildman–Crippen MR) is 99.3 cm³/mol. The number of carbonyl (C=O) groups excluding carboxylic acids is 1. The van der Waals surface area contributed by atoms with Gasteiger partial charge in [0.05, 0.1) is 10.6 Å². The molecule has 0 spiro atoms. The zero-order valence-corrected chi connectivity index (χ0v) is 14.7. The fraction of sp³-hybridized carbons (Fsp3) is 0.0556. The Hall–Kier alpha value is -2.83. The molecule has 1 heterocycles. The van der Waals surface area contributed by atoms with E-state index in [1.54, 1.807) is 30.5 Å². The number of halogens is 2. The molecule has 6 nitrogen and oxygen atoms in total. The molecule has 3 rings (SSSR count). The SMILES string of the molecule is O=C(COc1cc(C(=O)O)cc2cc(Cl)cc(Cl)c12)Nc1ccccn1. The van der Waals surface area contributed by atoms with Gasteiger partial charge in [-0.25, -0.2) is 9.78 Å². The summed E-state index contributed by atoms with van der Waals surface area (Å²) in [4.78, 5) is 27.4. The Morgan fingerprint density at radius 1 is 1.15 bits per heavy atom. The molecule has 0 saturated carbocycles. The number of hydrogen-bond acceptors (Lipinski definition) is 4. The van der Waals surface area contributed by atoms with Crippen LogP contribution >= 0.6 is 23.2 Å². The largest absolute Gasteiger partial charge is 0.483 e. The zero-order chi connectivity index (χ0) is 18.7. The number of pyridine rings is 1. The molecule has 26 heavy (non-hydrogen) atoms. The maximum Gasteiger partial charge on any atom is 0.335 e. The lowest BCUT2D eigenvalue weighted by Gasteiger charge is -2.12. The van der Waals surface area contributed by atoms with Gasteiger partial charge in [-0.15, -0.1) is 0 Å². The van der Waals surface area contributed by atoms with E-state index in [2.05, 4.69) is 10.3 Å². The highest BCUT2D eigenvalue weighted by atomic mass is 35.5.